The summed E-state index contributed by atoms with van der Waals surface area (Å²) < 4.78 is 5.54. The van der Waals surface area contributed by atoms with Gasteiger partial charge in [0.2, 0.25) is 0 Å². The molecule has 18 heavy (non-hydrogen) atoms. The SMILES string of the molecule is C=C1C(=O)OC2C1CCC1(C)CCC(=O)C(C)C21. The van der Waals surface area contributed by atoms with E-state index in [9.17, 15) is 9.59 Å². The minimum Gasteiger partial charge on any atom is -0.458 e. The first-order valence-electron chi connectivity index (χ1n) is 6.86. The van der Waals surface area contributed by atoms with Crippen molar-refractivity contribution in [2.45, 2.75) is 45.6 Å². The van der Waals surface area contributed by atoms with Gasteiger partial charge in [0.15, 0.2) is 0 Å². The fourth-order valence-corrected chi connectivity index (χ4v) is 4.36. The summed E-state index contributed by atoms with van der Waals surface area (Å²) in [5, 5.41) is 0. The molecule has 0 bridgehead atoms. The van der Waals surface area contributed by atoms with Crippen molar-refractivity contribution < 1.29 is 14.3 Å². The van der Waals surface area contributed by atoms with E-state index in [2.05, 4.69) is 13.5 Å². The summed E-state index contributed by atoms with van der Waals surface area (Å²) >= 11 is 0. The smallest absolute Gasteiger partial charge is 0.334 e. The third-order valence-electron chi connectivity index (χ3n) is 5.52. The average molecular weight is 248 g/mol. The van der Waals surface area contributed by atoms with Gasteiger partial charge in [-0.1, -0.05) is 20.4 Å². The van der Waals surface area contributed by atoms with E-state index in [0.29, 0.717) is 17.8 Å². The second-order valence-corrected chi connectivity index (χ2v) is 6.48. The molecule has 3 heteroatoms. The molecule has 1 heterocycles. The second kappa shape index (κ2) is 3.69. The first kappa shape index (κ1) is 11.9. The van der Waals surface area contributed by atoms with Gasteiger partial charge in [0.1, 0.15) is 11.9 Å². The van der Waals surface area contributed by atoms with Crippen molar-refractivity contribution in [2.75, 3.05) is 0 Å². The topological polar surface area (TPSA) is 43.4 Å². The lowest BCUT2D eigenvalue weighted by Crippen LogP contribution is -2.51. The van der Waals surface area contributed by atoms with Gasteiger partial charge in [0.25, 0.3) is 0 Å². The normalized spacial score (nSPS) is 47.6. The lowest BCUT2D eigenvalue weighted by Gasteiger charge is -2.51. The summed E-state index contributed by atoms with van der Waals surface area (Å²) in [4.78, 5) is 23.7. The molecule has 2 aliphatic carbocycles. The molecule has 0 radical (unpaired) electrons. The molecule has 3 rings (SSSR count). The maximum absolute atomic E-state index is 12.0. The van der Waals surface area contributed by atoms with Crippen molar-refractivity contribution in [3.8, 4) is 0 Å². The first-order chi connectivity index (χ1) is 8.44. The molecule has 5 atom stereocenters. The Bertz CT molecular complexity index is 439. The average Bonchev–Trinajstić information content (AvgIpc) is 2.60. The van der Waals surface area contributed by atoms with Gasteiger partial charge in [-0.3, -0.25) is 4.79 Å². The molecule has 98 valence electrons. The molecule has 1 aliphatic heterocycles. The van der Waals surface area contributed by atoms with Gasteiger partial charge in [0.05, 0.1) is 0 Å². The summed E-state index contributed by atoms with van der Waals surface area (Å²) in [6.45, 7) is 8.12. The molecule has 0 amide bonds. The van der Waals surface area contributed by atoms with E-state index < -0.39 is 0 Å². The highest BCUT2D eigenvalue weighted by Crippen LogP contribution is 2.56. The Morgan fingerprint density at radius 2 is 2.06 bits per heavy atom. The van der Waals surface area contributed by atoms with Crippen LogP contribution in [-0.2, 0) is 14.3 Å². The largest absolute Gasteiger partial charge is 0.458 e. The molecular weight excluding hydrogens is 228 g/mol. The summed E-state index contributed by atoms with van der Waals surface area (Å²) in [6.07, 6.45) is 3.56. The second-order valence-electron chi connectivity index (χ2n) is 6.48. The van der Waals surface area contributed by atoms with Gasteiger partial charge in [-0.2, -0.15) is 0 Å². The molecule has 3 nitrogen and oxygen atoms in total. The van der Waals surface area contributed by atoms with Crippen LogP contribution in [0.15, 0.2) is 12.2 Å². The highest BCUT2D eigenvalue weighted by molar-refractivity contribution is 5.91. The van der Waals surface area contributed by atoms with Crippen molar-refractivity contribution in [3.63, 3.8) is 0 Å². The van der Waals surface area contributed by atoms with Gasteiger partial charge >= 0.3 is 5.97 Å². The quantitative estimate of drug-likeness (QED) is 0.488. The predicted molar refractivity (Wildman–Crippen MR) is 66.7 cm³/mol. The number of hydrogen-bond acceptors (Lipinski definition) is 3. The zero-order chi connectivity index (χ0) is 13.1. The fourth-order valence-electron chi connectivity index (χ4n) is 4.36. The highest BCUT2D eigenvalue weighted by Gasteiger charge is 2.57. The maximum atomic E-state index is 12.0. The number of Topliss-reactive ketones (excluding diaryl/α,β-unsaturated/α-hetero) is 1. The van der Waals surface area contributed by atoms with E-state index in [0.717, 1.165) is 19.3 Å². The number of fused-ring (bicyclic) bond motifs is 3. The van der Waals surface area contributed by atoms with Crippen LogP contribution >= 0.6 is 0 Å². The van der Waals surface area contributed by atoms with Crippen LogP contribution < -0.4 is 0 Å². The van der Waals surface area contributed by atoms with Crippen molar-refractivity contribution >= 4 is 11.8 Å². The summed E-state index contributed by atoms with van der Waals surface area (Å²) in [5.41, 5.74) is 0.770. The number of ketones is 1. The number of ether oxygens (including phenoxy) is 1. The highest BCUT2D eigenvalue weighted by atomic mass is 16.6. The summed E-state index contributed by atoms with van der Waals surface area (Å²) in [5.74, 6) is 0.408. The molecule has 1 saturated heterocycles. The van der Waals surface area contributed by atoms with Gasteiger partial charge in [0, 0.05) is 29.7 Å². The zero-order valence-corrected chi connectivity index (χ0v) is 11.1. The molecule has 0 aromatic heterocycles. The van der Waals surface area contributed by atoms with Crippen LogP contribution in [0.4, 0.5) is 0 Å². The van der Waals surface area contributed by atoms with Crippen molar-refractivity contribution in [3.05, 3.63) is 12.2 Å². The van der Waals surface area contributed by atoms with Crippen molar-refractivity contribution in [1.29, 1.82) is 0 Å². The molecule has 0 aromatic rings. The van der Waals surface area contributed by atoms with E-state index >= 15 is 0 Å². The number of hydrogen-bond donors (Lipinski definition) is 0. The minimum atomic E-state index is -0.250. The number of carbonyl (C=O) groups is 2. The molecule has 3 aliphatic rings. The molecule has 2 saturated carbocycles. The van der Waals surface area contributed by atoms with Crippen LogP contribution in [0.25, 0.3) is 0 Å². The van der Waals surface area contributed by atoms with E-state index in [-0.39, 0.29) is 35.2 Å². The Labute approximate surface area is 108 Å². The van der Waals surface area contributed by atoms with E-state index in [1.54, 1.807) is 0 Å². The van der Waals surface area contributed by atoms with Crippen molar-refractivity contribution in [2.24, 2.45) is 23.2 Å². The maximum Gasteiger partial charge on any atom is 0.334 e. The zero-order valence-electron chi connectivity index (χ0n) is 11.1. The Balaban J connectivity index is 1.98. The van der Waals surface area contributed by atoms with Crippen LogP contribution in [-0.4, -0.2) is 17.9 Å². The monoisotopic (exact) mass is 248 g/mol. The Morgan fingerprint density at radius 1 is 1.33 bits per heavy atom. The predicted octanol–water partition coefficient (Wildman–Crippen LogP) is 2.50. The standard InChI is InChI=1S/C15H20O3/c1-8-10-4-6-15(3)7-5-11(16)9(2)12(15)13(10)18-14(8)17/h9-10,12-13H,1,4-7H2,2-3H3. The van der Waals surface area contributed by atoms with Gasteiger partial charge in [-0.25, -0.2) is 4.79 Å². The molecule has 0 spiro atoms. The van der Waals surface area contributed by atoms with Gasteiger partial charge in [-0.05, 0) is 24.7 Å². The molecule has 0 aromatic carbocycles. The van der Waals surface area contributed by atoms with Crippen LogP contribution in [0.1, 0.15) is 39.5 Å². The Morgan fingerprint density at radius 3 is 2.78 bits per heavy atom. The fraction of sp³-hybridized carbons (Fsp3) is 0.733. The number of esters is 1. The number of carbonyl (C=O) groups excluding carboxylic acids is 2. The third kappa shape index (κ3) is 1.42. The van der Waals surface area contributed by atoms with Crippen LogP contribution in [0.3, 0.4) is 0 Å². The molecular formula is C15H20O3. The Kier molecular flexibility index (Phi) is 2.45. The molecule has 3 fully saturated rings. The summed E-state index contributed by atoms with van der Waals surface area (Å²) in [7, 11) is 0. The Hall–Kier alpha value is -1.12. The third-order valence-corrected chi connectivity index (χ3v) is 5.52. The summed E-state index contributed by atoms with van der Waals surface area (Å²) in [6, 6.07) is 0. The molecule has 5 unspecified atom stereocenters. The van der Waals surface area contributed by atoms with Crippen LogP contribution in [0.5, 0.6) is 0 Å². The molecule has 0 N–H and O–H groups in total. The van der Waals surface area contributed by atoms with Crippen LogP contribution in [0, 0.1) is 23.2 Å². The lowest BCUT2D eigenvalue weighted by molar-refractivity contribution is -0.157. The van der Waals surface area contributed by atoms with E-state index in [1.807, 2.05) is 6.92 Å². The van der Waals surface area contributed by atoms with E-state index in [1.165, 1.54) is 0 Å². The van der Waals surface area contributed by atoms with Crippen molar-refractivity contribution in [1.82, 2.24) is 0 Å². The van der Waals surface area contributed by atoms with Crippen LogP contribution in [0.2, 0.25) is 0 Å². The number of rotatable bonds is 0. The van der Waals surface area contributed by atoms with E-state index in [4.69, 9.17) is 4.74 Å². The van der Waals surface area contributed by atoms with Gasteiger partial charge in [-0.15, -0.1) is 0 Å². The minimum absolute atomic E-state index is 0.00949. The lowest BCUT2D eigenvalue weighted by atomic mass is 9.53. The first-order valence-corrected chi connectivity index (χ1v) is 6.86. The van der Waals surface area contributed by atoms with Gasteiger partial charge < -0.3 is 4.74 Å².